The molecule has 1 N–H and O–H groups in total. The van der Waals surface area contributed by atoms with Crippen LogP contribution in [0.15, 0.2) is 17.0 Å². The molecule has 0 aliphatic carbocycles. The first-order valence-electron chi connectivity index (χ1n) is 5.12. The molecule has 1 saturated heterocycles. The topological polar surface area (TPSA) is 71.5 Å². The van der Waals surface area contributed by atoms with Gasteiger partial charge in [-0.1, -0.05) is 0 Å². The molecule has 0 saturated carbocycles. The van der Waals surface area contributed by atoms with Crippen LogP contribution in [0.2, 0.25) is 0 Å². The van der Waals surface area contributed by atoms with E-state index in [1.54, 1.807) is 6.07 Å². The van der Waals surface area contributed by atoms with Crippen LogP contribution in [0.4, 0.5) is 16.4 Å². The number of carbonyl (C=O) groups excluding carboxylic acids is 2. The van der Waals surface area contributed by atoms with E-state index in [1.807, 2.05) is 6.07 Å². The second-order valence-electron chi connectivity index (χ2n) is 3.62. The maximum atomic E-state index is 11.4. The average Bonchev–Trinajstić information content (AvgIpc) is 2.74. The van der Waals surface area contributed by atoms with Gasteiger partial charge in [0.25, 0.3) is 0 Å². The van der Waals surface area contributed by atoms with E-state index in [0.717, 1.165) is 4.90 Å². The molecular formula is C10H9N3O3S. The van der Waals surface area contributed by atoms with Gasteiger partial charge < -0.3 is 10.1 Å². The van der Waals surface area contributed by atoms with Crippen molar-refractivity contribution in [3.8, 4) is 0 Å². The Morgan fingerprint density at radius 1 is 1.41 bits per heavy atom. The lowest BCUT2D eigenvalue weighted by molar-refractivity contribution is -0.113. The summed E-state index contributed by atoms with van der Waals surface area (Å²) >= 11 is 1.44. The number of cyclic esters (lactones) is 1. The van der Waals surface area contributed by atoms with E-state index >= 15 is 0 Å². The van der Waals surface area contributed by atoms with Gasteiger partial charge in [0, 0.05) is 0 Å². The Balaban J connectivity index is 1.94. The van der Waals surface area contributed by atoms with Crippen molar-refractivity contribution < 1.29 is 14.3 Å². The summed E-state index contributed by atoms with van der Waals surface area (Å²) in [5, 5.41) is 2.69. The zero-order chi connectivity index (χ0) is 11.8. The van der Waals surface area contributed by atoms with Gasteiger partial charge in [0.05, 0.1) is 17.2 Å². The fraction of sp³-hybridized carbons (Fsp3) is 0.300. The summed E-state index contributed by atoms with van der Waals surface area (Å²) in [4.78, 5) is 29.3. The number of amides is 2. The molecule has 1 aromatic heterocycles. The fourth-order valence-corrected chi connectivity index (χ4v) is 2.46. The third kappa shape index (κ3) is 1.82. The van der Waals surface area contributed by atoms with Crippen molar-refractivity contribution in [3.05, 3.63) is 12.1 Å². The molecule has 2 amide bonds. The molecule has 0 bridgehead atoms. The second-order valence-corrected chi connectivity index (χ2v) is 4.64. The van der Waals surface area contributed by atoms with Crippen LogP contribution < -0.4 is 10.2 Å². The molecule has 6 nitrogen and oxygen atoms in total. The van der Waals surface area contributed by atoms with E-state index in [0.29, 0.717) is 30.5 Å². The Kier molecular flexibility index (Phi) is 2.40. The number of hydrogen-bond donors (Lipinski definition) is 1. The SMILES string of the molecule is O=C1CSc2ccc(N3CCOC3=O)nc2N1. The lowest BCUT2D eigenvalue weighted by Crippen LogP contribution is -2.26. The summed E-state index contributed by atoms with van der Waals surface area (Å²) in [5.41, 5.74) is 0. The van der Waals surface area contributed by atoms with Gasteiger partial charge in [-0.2, -0.15) is 0 Å². The Labute approximate surface area is 101 Å². The molecule has 1 aromatic rings. The normalized spacial score (nSPS) is 18.7. The van der Waals surface area contributed by atoms with Crippen molar-refractivity contribution in [2.24, 2.45) is 0 Å². The lowest BCUT2D eigenvalue weighted by atomic mass is 10.4. The van der Waals surface area contributed by atoms with E-state index in [4.69, 9.17) is 4.74 Å². The van der Waals surface area contributed by atoms with Gasteiger partial charge in [-0.05, 0) is 12.1 Å². The van der Waals surface area contributed by atoms with Crippen molar-refractivity contribution in [2.75, 3.05) is 29.1 Å². The van der Waals surface area contributed by atoms with Gasteiger partial charge in [-0.15, -0.1) is 11.8 Å². The van der Waals surface area contributed by atoms with Crippen molar-refractivity contribution in [1.29, 1.82) is 0 Å². The molecular weight excluding hydrogens is 242 g/mol. The molecule has 7 heteroatoms. The van der Waals surface area contributed by atoms with Gasteiger partial charge in [-0.3, -0.25) is 9.69 Å². The molecule has 88 valence electrons. The van der Waals surface area contributed by atoms with Gasteiger partial charge in [0.1, 0.15) is 18.2 Å². The molecule has 0 radical (unpaired) electrons. The maximum Gasteiger partial charge on any atom is 0.415 e. The Hall–Kier alpha value is -1.76. The highest BCUT2D eigenvalue weighted by Gasteiger charge is 2.26. The molecule has 1 fully saturated rings. The Bertz CT molecular complexity index is 506. The van der Waals surface area contributed by atoms with E-state index in [-0.39, 0.29) is 5.91 Å². The summed E-state index contributed by atoms with van der Waals surface area (Å²) in [7, 11) is 0. The zero-order valence-electron chi connectivity index (χ0n) is 8.80. The largest absolute Gasteiger partial charge is 0.447 e. The number of aromatic nitrogens is 1. The lowest BCUT2D eigenvalue weighted by Gasteiger charge is -2.18. The standard InChI is InChI=1S/C10H9N3O3S/c14-8-5-17-6-1-2-7(11-9(6)12-8)13-3-4-16-10(13)15/h1-2H,3-5H2,(H,11,12,14). The van der Waals surface area contributed by atoms with Crippen LogP contribution in [-0.2, 0) is 9.53 Å². The predicted molar refractivity (Wildman–Crippen MR) is 62.3 cm³/mol. The number of rotatable bonds is 1. The number of ether oxygens (including phenoxy) is 1. The third-order valence-electron chi connectivity index (χ3n) is 2.50. The average molecular weight is 251 g/mol. The Morgan fingerprint density at radius 3 is 3.06 bits per heavy atom. The smallest absolute Gasteiger partial charge is 0.415 e. The summed E-state index contributed by atoms with van der Waals surface area (Å²) in [6, 6.07) is 3.61. The number of anilines is 2. The van der Waals surface area contributed by atoms with Crippen LogP contribution in [-0.4, -0.2) is 35.9 Å². The van der Waals surface area contributed by atoms with Gasteiger partial charge >= 0.3 is 6.09 Å². The van der Waals surface area contributed by atoms with Crippen LogP contribution in [0.3, 0.4) is 0 Å². The second kappa shape index (κ2) is 3.92. The van der Waals surface area contributed by atoms with E-state index < -0.39 is 6.09 Å². The van der Waals surface area contributed by atoms with Gasteiger partial charge in [-0.25, -0.2) is 9.78 Å². The van der Waals surface area contributed by atoms with Crippen LogP contribution in [0.25, 0.3) is 0 Å². The van der Waals surface area contributed by atoms with Gasteiger partial charge in [0.2, 0.25) is 5.91 Å². The summed E-state index contributed by atoms with van der Waals surface area (Å²) in [6.45, 7) is 0.865. The van der Waals surface area contributed by atoms with Crippen LogP contribution in [0.5, 0.6) is 0 Å². The summed E-state index contributed by atoms with van der Waals surface area (Å²) < 4.78 is 4.84. The number of pyridine rings is 1. The molecule has 17 heavy (non-hydrogen) atoms. The quantitative estimate of drug-likeness (QED) is 0.808. The van der Waals surface area contributed by atoms with Crippen LogP contribution >= 0.6 is 11.8 Å². The van der Waals surface area contributed by atoms with E-state index in [9.17, 15) is 9.59 Å². The third-order valence-corrected chi connectivity index (χ3v) is 3.54. The predicted octanol–water partition coefficient (Wildman–Crippen LogP) is 1.08. The van der Waals surface area contributed by atoms with Crippen molar-refractivity contribution in [1.82, 2.24) is 4.98 Å². The van der Waals surface area contributed by atoms with Crippen molar-refractivity contribution >= 4 is 35.4 Å². The maximum absolute atomic E-state index is 11.4. The van der Waals surface area contributed by atoms with Crippen LogP contribution in [0.1, 0.15) is 0 Å². The highest BCUT2D eigenvalue weighted by molar-refractivity contribution is 8.00. The molecule has 3 rings (SSSR count). The molecule has 0 atom stereocenters. The first-order valence-corrected chi connectivity index (χ1v) is 6.10. The summed E-state index contributed by atoms with van der Waals surface area (Å²) in [5.74, 6) is 1.36. The minimum Gasteiger partial charge on any atom is -0.447 e. The summed E-state index contributed by atoms with van der Waals surface area (Å²) in [6.07, 6.45) is -0.396. The molecule has 2 aliphatic heterocycles. The van der Waals surface area contributed by atoms with Crippen molar-refractivity contribution in [3.63, 3.8) is 0 Å². The fourth-order valence-electron chi connectivity index (χ4n) is 1.71. The highest BCUT2D eigenvalue weighted by atomic mass is 32.2. The minimum absolute atomic E-state index is 0.0730. The van der Waals surface area contributed by atoms with Gasteiger partial charge in [0.15, 0.2) is 0 Å². The number of thioether (sulfide) groups is 1. The first kappa shape index (κ1) is 10.4. The number of nitrogens with one attached hydrogen (secondary N) is 1. The molecule has 2 aliphatic rings. The number of carbonyl (C=O) groups is 2. The van der Waals surface area contributed by atoms with E-state index in [2.05, 4.69) is 10.3 Å². The molecule has 3 heterocycles. The monoisotopic (exact) mass is 251 g/mol. The first-order chi connectivity index (χ1) is 8.24. The minimum atomic E-state index is -0.396. The van der Waals surface area contributed by atoms with Crippen molar-refractivity contribution in [2.45, 2.75) is 4.90 Å². The number of hydrogen-bond acceptors (Lipinski definition) is 5. The number of nitrogens with zero attached hydrogens (tertiary/aromatic N) is 2. The Morgan fingerprint density at radius 2 is 2.29 bits per heavy atom. The highest BCUT2D eigenvalue weighted by Crippen LogP contribution is 2.32. The molecule has 0 unspecified atom stereocenters. The molecule has 0 spiro atoms. The van der Waals surface area contributed by atoms with Crippen LogP contribution in [0, 0.1) is 0 Å². The zero-order valence-corrected chi connectivity index (χ0v) is 9.62. The molecule has 0 aromatic carbocycles. The van der Waals surface area contributed by atoms with E-state index in [1.165, 1.54) is 16.7 Å². The number of fused-ring (bicyclic) bond motifs is 1.